The molecule has 0 atom stereocenters. The number of thioether (sulfide) groups is 1. The molecular weight excluding hydrogens is 359 g/mol. The molecule has 1 heterocycles. The highest BCUT2D eigenvalue weighted by Gasteiger charge is 2.34. The van der Waals surface area contributed by atoms with Crippen LogP contribution in [0.4, 0.5) is 18.9 Å². The van der Waals surface area contributed by atoms with Crippen molar-refractivity contribution in [3.05, 3.63) is 33.8 Å². The van der Waals surface area contributed by atoms with Crippen molar-refractivity contribution in [2.75, 3.05) is 11.1 Å². The van der Waals surface area contributed by atoms with Gasteiger partial charge in [0.1, 0.15) is 5.01 Å². The number of hydrogen-bond donors (Lipinski definition) is 1. The van der Waals surface area contributed by atoms with Gasteiger partial charge in [0, 0.05) is 0 Å². The molecule has 0 aliphatic heterocycles. The Morgan fingerprint density at radius 1 is 1.41 bits per heavy atom. The number of halogens is 4. The molecule has 2 aromatic rings. The lowest BCUT2D eigenvalue weighted by atomic mass is 10.1. The number of hydrogen-bond acceptors (Lipinski definition) is 5. The minimum absolute atomic E-state index is 0.0862. The Balaban J connectivity index is 2.08. The summed E-state index contributed by atoms with van der Waals surface area (Å²) in [6, 6.07) is 3.33. The van der Waals surface area contributed by atoms with E-state index in [1.165, 1.54) is 23.5 Å². The van der Waals surface area contributed by atoms with E-state index in [1.807, 2.05) is 0 Å². The molecule has 22 heavy (non-hydrogen) atoms. The van der Waals surface area contributed by atoms with Gasteiger partial charge in [-0.2, -0.15) is 13.2 Å². The molecule has 0 aliphatic carbocycles. The third kappa shape index (κ3) is 4.34. The highest BCUT2D eigenvalue weighted by molar-refractivity contribution is 8.01. The Bertz CT molecular complexity index is 690. The van der Waals surface area contributed by atoms with Crippen molar-refractivity contribution in [1.82, 2.24) is 10.2 Å². The van der Waals surface area contributed by atoms with Gasteiger partial charge in [-0.25, -0.2) is 0 Å². The fourth-order valence-corrected chi connectivity index (χ4v) is 3.36. The van der Waals surface area contributed by atoms with E-state index in [0.29, 0.717) is 4.34 Å². The molecule has 0 saturated carbocycles. The van der Waals surface area contributed by atoms with Crippen LogP contribution >= 0.6 is 34.7 Å². The zero-order valence-electron chi connectivity index (χ0n) is 11.1. The quantitative estimate of drug-likeness (QED) is 0.821. The number of amides is 1. The highest BCUT2D eigenvalue weighted by Crippen LogP contribution is 2.38. The van der Waals surface area contributed by atoms with Crippen LogP contribution in [0.2, 0.25) is 5.02 Å². The van der Waals surface area contributed by atoms with Crippen molar-refractivity contribution >= 4 is 46.3 Å². The van der Waals surface area contributed by atoms with Crippen LogP contribution in [0, 0.1) is 6.92 Å². The maximum Gasteiger partial charge on any atom is 0.418 e. The smallest absolute Gasteiger partial charge is 0.324 e. The second kappa shape index (κ2) is 6.84. The molecule has 118 valence electrons. The molecule has 0 unspecified atom stereocenters. The number of para-hydroxylation sites is 1. The number of carbonyl (C=O) groups excluding carboxylic acids is 1. The maximum absolute atomic E-state index is 12.9. The SMILES string of the molecule is Cc1nnc(SCC(=O)Nc2c(Cl)cccc2C(F)(F)F)s1. The van der Waals surface area contributed by atoms with Crippen LogP contribution in [-0.4, -0.2) is 21.9 Å². The van der Waals surface area contributed by atoms with E-state index in [1.54, 1.807) is 6.92 Å². The van der Waals surface area contributed by atoms with Gasteiger partial charge in [-0.05, 0) is 19.1 Å². The van der Waals surface area contributed by atoms with Gasteiger partial charge in [0.15, 0.2) is 4.34 Å². The Morgan fingerprint density at radius 2 is 2.14 bits per heavy atom. The summed E-state index contributed by atoms with van der Waals surface area (Å²) in [6.45, 7) is 1.77. The predicted octanol–water partition coefficient (Wildman–Crippen LogP) is 4.25. The molecular formula is C12H9ClF3N3OS2. The van der Waals surface area contributed by atoms with Crippen LogP contribution in [0.5, 0.6) is 0 Å². The third-order valence-corrected chi connectivity index (χ3v) is 4.70. The zero-order valence-corrected chi connectivity index (χ0v) is 13.5. The number of aromatic nitrogens is 2. The zero-order chi connectivity index (χ0) is 16.3. The molecule has 1 aromatic carbocycles. The van der Waals surface area contributed by atoms with Gasteiger partial charge in [0.25, 0.3) is 0 Å². The number of alkyl halides is 3. The lowest BCUT2D eigenvalue weighted by molar-refractivity contribution is -0.137. The molecule has 1 aromatic heterocycles. The van der Waals surface area contributed by atoms with Crippen LogP contribution in [0.25, 0.3) is 0 Å². The van der Waals surface area contributed by atoms with E-state index in [0.717, 1.165) is 22.8 Å². The fourth-order valence-electron chi connectivity index (χ4n) is 1.53. The van der Waals surface area contributed by atoms with Crippen LogP contribution in [0.1, 0.15) is 10.6 Å². The molecule has 4 nitrogen and oxygen atoms in total. The molecule has 0 saturated heterocycles. The van der Waals surface area contributed by atoms with E-state index >= 15 is 0 Å². The molecule has 2 rings (SSSR count). The lowest BCUT2D eigenvalue weighted by Crippen LogP contribution is -2.18. The van der Waals surface area contributed by atoms with E-state index in [-0.39, 0.29) is 10.8 Å². The molecule has 0 aliphatic rings. The van der Waals surface area contributed by atoms with Crippen molar-refractivity contribution in [2.45, 2.75) is 17.4 Å². The number of anilines is 1. The normalized spacial score (nSPS) is 11.5. The number of aryl methyl sites for hydroxylation is 1. The first-order chi connectivity index (χ1) is 10.3. The number of nitrogens with zero attached hydrogens (tertiary/aromatic N) is 2. The van der Waals surface area contributed by atoms with Crippen molar-refractivity contribution < 1.29 is 18.0 Å². The summed E-state index contributed by atoms with van der Waals surface area (Å²) in [5, 5.41) is 10.4. The molecule has 1 amide bonds. The molecule has 0 spiro atoms. The van der Waals surface area contributed by atoms with Gasteiger partial charge >= 0.3 is 6.18 Å². The summed E-state index contributed by atoms with van der Waals surface area (Å²) >= 11 is 8.16. The Labute approximate surface area is 137 Å². The summed E-state index contributed by atoms with van der Waals surface area (Å²) in [4.78, 5) is 11.8. The fraction of sp³-hybridized carbons (Fsp3) is 0.250. The minimum Gasteiger partial charge on any atom is -0.324 e. The van der Waals surface area contributed by atoms with Crippen LogP contribution in [0.3, 0.4) is 0 Å². The van der Waals surface area contributed by atoms with Crippen LogP contribution < -0.4 is 5.32 Å². The van der Waals surface area contributed by atoms with Gasteiger partial charge < -0.3 is 5.32 Å². The van der Waals surface area contributed by atoms with Crippen LogP contribution in [0.15, 0.2) is 22.5 Å². The van der Waals surface area contributed by atoms with Crippen molar-refractivity contribution in [1.29, 1.82) is 0 Å². The van der Waals surface area contributed by atoms with Gasteiger partial charge in [0.05, 0.1) is 22.0 Å². The predicted molar refractivity (Wildman–Crippen MR) is 80.5 cm³/mol. The number of benzene rings is 1. The first-order valence-electron chi connectivity index (χ1n) is 5.86. The first-order valence-corrected chi connectivity index (χ1v) is 8.04. The van der Waals surface area contributed by atoms with Crippen molar-refractivity contribution in [3.63, 3.8) is 0 Å². The Hall–Kier alpha value is -1.32. The average Bonchev–Trinajstić information content (AvgIpc) is 2.83. The summed E-state index contributed by atoms with van der Waals surface area (Å²) in [5.74, 6) is -0.687. The van der Waals surface area contributed by atoms with Crippen molar-refractivity contribution in [3.8, 4) is 0 Å². The second-order valence-corrected chi connectivity index (χ2v) is 6.90. The van der Waals surface area contributed by atoms with E-state index in [2.05, 4.69) is 15.5 Å². The first kappa shape index (κ1) is 17.0. The summed E-state index contributed by atoms with van der Waals surface area (Å²) in [5.41, 5.74) is -1.42. The summed E-state index contributed by atoms with van der Waals surface area (Å²) in [7, 11) is 0. The Morgan fingerprint density at radius 3 is 2.73 bits per heavy atom. The maximum atomic E-state index is 12.9. The standard InChI is InChI=1S/C12H9ClF3N3OS2/c1-6-18-19-11(22-6)21-5-9(20)17-10-7(12(14,15)16)3-2-4-8(10)13/h2-4H,5H2,1H3,(H,17,20). The summed E-state index contributed by atoms with van der Waals surface area (Å²) < 4.78 is 39.3. The second-order valence-electron chi connectivity index (χ2n) is 4.08. The topological polar surface area (TPSA) is 54.9 Å². The average molecular weight is 368 g/mol. The van der Waals surface area contributed by atoms with Gasteiger partial charge in [0.2, 0.25) is 5.91 Å². The van der Waals surface area contributed by atoms with Gasteiger partial charge in [-0.3, -0.25) is 4.79 Å². The largest absolute Gasteiger partial charge is 0.418 e. The monoisotopic (exact) mass is 367 g/mol. The number of nitrogens with one attached hydrogen (secondary N) is 1. The molecule has 0 fully saturated rings. The van der Waals surface area contributed by atoms with E-state index < -0.39 is 23.3 Å². The highest BCUT2D eigenvalue weighted by atomic mass is 35.5. The molecule has 0 bridgehead atoms. The Kier molecular flexibility index (Phi) is 5.30. The number of rotatable bonds is 4. The van der Waals surface area contributed by atoms with Crippen molar-refractivity contribution in [2.24, 2.45) is 0 Å². The lowest BCUT2D eigenvalue weighted by Gasteiger charge is -2.14. The molecule has 1 N–H and O–H groups in total. The van der Waals surface area contributed by atoms with Gasteiger partial charge in [-0.1, -0.05) is 40.8 Å². The van der Waals surface area contributed by atoms with Crippen LogP contribution in [-0.2, 0) is 11.0 Å². The summed E-state index contributed by atoms with van der Waals surface area (Å²) in [6.07, 6.45) is -4.60. The van der Waals surface area contributed by atoms with E-state index in [9.17, 15) is 18.0 Å². The number of carbonyl (C=O) groups is 1. The van der Waals surface area contributed by atoms with E-state index in [4.69, 9.17) is 11.6 Å². The minimum atomic E-state index is -4.60. The molecule has 10 heteroatoms. The van der Waals surface area contributed by atoms with Gasteiger partial charge in [-0.15, -0.1) is 10.2 Å². The third-order valence-electron chi connectivity index (χ3n) is 2.42. The molecule has 0 radical (unpaired) electrons.